The first-order chi connectivity index (χ1) is 8.61. The fraction of sp³-hybridized carbons (Fsp3) is 0.500. The van der Waals surface area contributed by atoms with Crippen LogP contribution < -0.4 is 5.32 Å². The number of rotatable bonds is 3. The van der Waals surface area contributed by atoms with E-state index in [9.17, 15) is 9.59 Å². The second kappa shape index (κ2) is 5.75. The topological polar surface area (TPSA) is 55.4 Å². The van der Waals surface area contributed by atoms with Gasteiger partial charge in [0.15, 0.2) is 0 Å². The van der Waals surface area contributed by atoms with Crippen molar-refractivity contribution in [2.45, 2.75) is 25.1 Å². The number of nitrogens with one attached hydrogen (secondary N) is 1. The summed E-state index contributed by atoms with van der Waals surface area (Å²) in [7, 11) is 1.31. The molecule has 0 fully saturated rings. The van der Waals surface area contributed by atoms with E-state index in [1.807, 2.05) is 17.8 Å². The lowest BCUT2D eigenvalue weighted by Crippen LogP contribution is -2.38. The standard InChI is InChI=1S/C12H15NO3S2/c1-7(12(15)16-2)13-11(14)10-5-8-6-17-4-3-9(8)18-10/h5,7H,3-4,6H2,1-2H3,(H,13,14). The smallest absolute Gasteiger partial charge is 0.328 e. The summed E-state index contributed by atoms with van der Waals surface area (Å²) in [5, 5.41) is 2.65. The molecule has 1 unspecified atom stereocenters. The summed E-state index contributed by atoms with van der Waals surface area (Å²) < 4.78 is 4.58. The molecule has 1 amide bonds. The number of carbonyl (C=O) groups is 2. The van der Waals surface area contributed by atoms with E-state index in [0.29, 0.717) is 4.88 Å². The first-order valence-electron chi connectivity index (χ1n) is 5.70. The monoisotopic (exact) mass is 285 g/mol. The van der Waals surface area contributed by atoms with E-state index in [0.717, 1.165) is 17.9 Å². The summed E-state index contributed by atoms with van der Waals surface area (Å²) in [6.45, 7) is 1.62. The van der Waals surface area contributed by atoms with Crippen molar-refractivity contribution in [3.8, 4) is 0 Å². The Hall–Kier alpha value is -1.01. The van der Waals surface area contributed by atoms with Gasteiger partial charge >= 0.3 is 5.97 Å². The van der Waals surface area contributed by atoms with Crippen LogP contribution in [0.4, 0.5) is 0 Å². The molecule has 2 rings (SSSR count). The van der Waals surface area contributed by atoms with E-state index in [1.54, 1.807) is 6.92 Å². The minimum Gasteiger partial charge on any atom is -0.467 e. The molecule has 4 nitrogen and oxygen atoms in total. The third-order valence-electron chi connectivity index (χ3n) is 2.75. The number of aryl methyl sites for hydroxylation is 1. The summed E-state index contributed by atoms with van der Waals surface area (Å²) in [5.74, 6) is 1.47. The molecule has 0 saturated heterocycles. The van der Waals surface area contributed by atoms with Crippen molar-refractivity contribution in [3.05, 3.63) is 21.4 Å². The maximum Gasteiger partial charge on any atom is 0.328 e. The number of carbonyl (C=O) groups excluding carboxylic acids is 2. The van der Waals surface area contributed by atoms with Crippen molar-refractivity contribution >= 4 is 35.0 Å². The van der Waals surface area contributed by atoms with Crippen LogP contribution in [0.3, 0.4) is 0 Å². The zero-order valence-electron chi connectivity index (χ0n) is 10.3. The minimum absolute atomic E-state index is 0.197. The number of esters is 1. The van der Waals surface area contributed by atoms with Crippen LogP contribution in [0.15, 0.2) is 6.07 Å². The van der Waals surface area contributed by atoms with Crippen LogP contribution in [0.25, 0.3) is 0 Å². The third-order valence-corrected chi connectivity index (χ3v) is 5.00. The van der Waals surface area contributed by atoms with E-state index in [4.69, 9.17) is 0 Å². The van der Waals surface area contributed by atoms with Crippen LogP contribution in [-0.4, -0.2) is 30.8 Å². The van der Waals surface area contributed by atoms with Crippen LogP contribution >= 0.6 is 23.1 Å². The Kier molecular flexibility index (Phi) is 4.29. The van der Waals surface area contributed by atoms with Crippen LogP contribution in [0.5, 0.6) is 0 Å². The summed E-state index contributed by atoms with van der Waals surface area (Å²) in [6.07, 6.45) is 1.03. The normalized spacial score (nSPS) is 15.7. The molecule has 0 aromatic carbocycles. The Balaban J connectivity index is 2.05. The molecule has 1 atom stereocenters. The Morgan fingerprint density at radius 1 is 1.50 bits per heavy atom. The maximum absolute atomic E-state index is 12.0. The number of hydrogen-bond donors (Lipinski definition) is 1. The minimum atomic E-state index is -0.615. The lowest BCUT2D eigenvalue weighted by atomic mass is 10.2. The molecule has 2 heterocycles. The van der Waals surface area contributed by atoms with Crippen molar-refractivity contribution < 1.29 is 14.3 Å². The number of fused-ring (bicyclic) bond motifs is 1. The quantitative estimate of drug-likeness (QED) is 0.861. The number of hydrogen-bond acceptors (Lipinski definition) is 5. The van der Waals surface area contributed by atoms with Gasteiger partial charge in [0.05, 0.1) is 12.0 Å². The van der Waals surface area contributed by atoms with Gasteiger partial charge in [-0.15, -0.1) is 11.3 Å². The van der Waals surface area contributed by atoms with Crippen molar-refractivity contribution in [2.75, 3.05) is 12.9 Å². The fourth-order valence-electron chi connectivity index (χ4n) is 1.76. The Morgan fingerprint density at radius 2 is 2.28 bits per heavy atom. The second-order valence-electron chi connectivity index (χ2n) is 4.08. The zero-order valence-corrected chi connectivity index (χ0v) is 12.0. The predicted molar refractivity (Wildman–Crippen MR) is 73.1 cm³/mol. The Labute approximate surface area is 114 Å². The highest BCUT2D eigenvalue weighted by Gasteiger charge is 2.21. The zero-order chi connectivity index (χ0) is 13.1. The predicted octanol–water partition coefficient (Wildman–Crippen LogP) is 1.83. The molecular weight excluding hydrogens is 270 g/mol. The Bertz CT molecular complexity index is 446. The number of ether oxygens (including phenoxy) is 1. The maximum atomic E-state index is 12.0. The highest BCUT2D eigenvalue weighted by molar-refractivity contribution is 7.98. The largest absolute Gasteiger partial charge is 0.467 e. The van der Waals surface area contributed by atoms with Crippen LogP contribution in [0, 0.1) is 0 Å². The van der Waals surface area contributed by atoms with Gasteiger partial charge in [0.25, 0.3) is 5.91 Å². The molecule has 0 radical (unpaired) electrons. The molecule has 6 heteroatoms. The highest BCUT2D eigenvalue weighted by Crippen LogP contribution is 2.31. The molecule has 1 aromatic rings. The van der Waals surface area contributed by atoms with Crippen molar-refractivity contribution in [1.82, 2.24) is 5.32 Å². The Morgan fingerprint density at radius 3 is 2.94 bits per heavy atom. The average molecular weight is 285 g/mol. The molecule has 0 bridgehead atoms. The molecule has 98 valence electrons. The van der Waals surface area contributed by atoms with Gasteiger partial charge in [-0.25, -0.2) is 4.79 Å². The summed E-state index contributed by atoms with van der Waals surface area (Å²) >= 11 is 3.41. The van der Waals surface area contributed by atoms with Gasteiger partial charge in [0.1, 0.15) is 6.04 Å². The third kappa shape index (κ3) is 2.87. The van der Waals surface area contributed by atoms with Gasteiger partial charge in [0, 0.05) is 10.6 Å². The molecule has 1 aliphatic heterocycles. The van der Waals surface area contributed by atoms with Gasteiger partial charge in [-0.2, -0.15) is 11.8 Å². The molecule has 0 saturated carbocycles. The van der Waals surface area contributed by atoms with E-state index in [2.05, 4.69) is 10.1 Å². The van der Waals surface area contributed by atoms with E-state index >= 15 is 0 Å². The van der Waals surface area contributed by atoms with E-state index in [-0.39, 0.29) is 5.91 Å². The van der Waals surface area contributed by atoms with Gasteiger partial charge in [-0.3, -0.25) is 4.79 Å². The lowest BCUT2D eigenvalue weighted by Gasteiger charge is -2.10. The first-order valence-corrected chi connectivity index (χ1v) is 7.67. The lowest BCUT2D eigenvalue weighted by molar-refractivity contribution is -0.142. The number of thioether (sulfide) groups is 1. The van der Waals surface area contributed by atoms with Crippen molar-refractivity contribution in [3.63, 3.8) is 0 Å². The van der Waals surface area contributed by atoms with Crippen LogP contribution in [0.2, 0.25) is 0 Å². The van der Waals surface area contributed by atoms with Crippen molar-refractivity contribution in [1.29, 1.82) is 0 Å². The van der Waals surface area contributed by atoms with Gasteiger partial charge in [-0.05, 0) is 30.7 Å². The fourth-order valence-corrected chi connectivity index (χ4v) is 4.04. The van der Waals surface area contributed by atoms with Crippen molar-refractivity contribution in [2.24, 2.45) is 0 Å². The van der Waals surface area contributed by atoms with E-state index < -0.39 is 12.0 Å². The average Bonchev–Trinajstić information content (AvgIpc) is 2.81. The number of thiophene rings is 1. The number of methoxy groups -OCH3 is 1. The summed E-state index contributed by atoms with van der Waals surface area (Å²) in [5.41, 5.74) is 1.26. The van der Waals surface area contributed by atoms with Gasteiger partial charge < -0.3 is 10.1 Å². The highest BCUT2D eigenvalue weighted by atomic mass is 32.2. The molecule has 18 heavy (non-hydrogen) atoms. The molecule has 1 aromatic heterocycles. The SMILES string of the molecule is COC(=O)C(C)NC(=O)c1cc2c(s1)CCSC2. The summed E-state index contributed by atoms with van der Waals surface area (Å²) in [4.78, 5) is 25.2. The van der Waals surface area contributed by atoms with Gasteiger partial charge in [0.2, 0.25) is 0 Å². The molecular formula is C12H15NO3S2. The molecule has 0 spiro atoms. The molecule has 1 aliphatic rings. The second-order valence-corrected chi connectivity index (χ2v) is 6.32. The number of amides is 1. The first kappa shape index (κ1) is 13.4. The summed E-state index contributed by atoms with van der Waals surface area (Å²) in [6, 6.07) is 1.32. The van der Waals surface area contributed by atoms with Crippen LogP contribution in [-0.2, 0) is 21.7 Å². The van der Waals surface area contributed by atoms with Crippen LogP contribution in [0.1, 0.15) is 27.0 Å². The molecule has 1 N–H and O–H groups in total. The van der Waals surface area contributed by atoms with Gasteiger partial charge in [-0.1, -0.05) is 0 Å². The molecule has 0 aliphatic carbocycles. The van der Waals surface area contributed by atoms with E-state index in [1.165, 1.54) is 28.9 Å².